The monoisotopic (exact) mass is 232 g/mol. The molecule has 0 saturated carbocycles. The number of sulfone groups is 1. The molecule has 15 heavy (non-hydrogen) atoms. The molecule has 2 heterocycles. The van der Waals surface area contributed by atoms with Crippen molar-refractivity contribution in [2.24, 2.45) is 0 Å². The van der Waals surface area contributed by atoms with Crippen LogP contribution < -0.4 is 5.32 Å². The van der Waals surface area contributed by atoms with Crippen molar-refractivity contribution in [1.82, 2.24) is 10.2 Å². The maximum absolute atomic E-state index is 11.6. The van der Waals surface area contributed by atoms with Crippen LogP contribution in [0.15, 0.2) is 0 Å². The molecule has 2 atom stereocenters. The summed E-state index contributed by atoms with van der Waals surface area (Å²) in [5.74, 6) is 0.699. The highest BCUT2D eigenvalue weighted by Gasteiger charge is 2.44. The molecule has 2 rings (SSSR count). The standard InChI is InChI=1S/C10H20N2O2S/c1-9-7-11-4-5-12(9)10(2)3-6-15(13,14)8-10/h9,11H,3-8H2,1-2H3. The second-order valence-corrected chi connectivity index (χ2v) is 7.27. The molecule has 0 amide bonds. The van der Waals surface area contributed by atoms with Crippen molar-refractivity contribution in [1.29, 1.82) is 0 Å². The van der Waals surface area contributed by atoms with Gasteiger partial charge >= 0.3 is 0 Å². The maximum atomic E-state index is 11.6. The van der Waals surface area contributed by atoms with Gasteiger partial charge in [0.1, 0.15) is 0 Å². The Morgan fingerprint density at radius 3 is 2.73 bits per heavy atom. The number of hydrogen-bond acceptors (Lipinski definition) is 4. The van der Waals surface area contributed by atoms with Crippen LogP contribution in [-0.2, 0) is 9.84 Å². The van der Waals surface area contributed by atoms with Crippen LogP contribution in [0.3, 0.4) is 0 Å². The van der Waals surface area contributed by atoms with Crippen molar-refractivity contribution < 1.29 is 8.42 Å². The summed E-state index contributed by atoms with van der Waals surface area (Å²) >= 11 is 0. The van der Waals surface area contributed by atoms with E-state index < -0.39 is 9.84 Å². The Labute approximate surface area is 91.9 Å². The zero-order valence-electron chi connectivity index (χ0n) is 9.49. The van der Waals surface area contributed by atoms with E-state index in [-0.39, 0.29) is 5.54 Å². The van der Waals surface area contributed by atoms with E-state index in [0.717, 1.165) is 26.1 Å². The van der Waals surface area contributed by atoms with Crippen LogP contribution >= 0.6 is 0 Å². The molecule has 4 nitrogen and oxygen atoms in total. The van der Waals surface area contributed by atoms with Crippen LogP contribution in [0, 0.1) is 0 Å². The minimum absolute atomic E-state index is 0.125. The lowest BCUT2D eigenvalue weighted by Crippen LogP contribution is -2.59. The lowest BCUT2D eigenvalue weighted by molar-refractivity contribution is 0.0624. The highest BCUT2D eigenvalue weighted by Crippen LogP contribution is 2.31. The number of nitrogens with zero attached hydrogens (tertiary/aromatic N) is 1. The van der Waals surface area contributed by atoms with Gasteiger partial charge in [-0.3, -0.25) is 4.90 Å². The number of nitrogens with one attached hydrogen (secondary N) is 1. The maximum Gasteiger partial charge on any atom is 0.152 e. The first-order chi connectivity index (χ1) is 6.93. The topological polar surface area (TPSA) is 49.4 Å². The molecule has 0 bridgehead atoms. The number of piperazine rings is 1. The highest BCUT2D eigenvalue weighted by molar-refractivity contribution is 7.91. The first-order valence-electron chi connectivity index (χ1n) is 5.61. The Kier molecular flexibility index (Phi) is 2.81. The van der Waals surface area contributed by atoms with Gasteiger partial charge < -0.3 is 5.32 Å². The quantitative estimate of drug-likeness (QED) is 0.683. The van der Waals surface area contributed by atoms with Gasteiger partial charge in [-0.15, -0.1) is 0 Å². The van der Waals surface area contributed by atoms with Crippen molar-refractivity contribution in [3.05, 3.63) is 0 Å². The minimum atomic E-state index is -2.79. The first-order valence-corrected chi connectivity index (χ1v) is 7.43. The molecule has 0 aromatic carbocycles. The van der Waals surface area contributed by atoms with E-state index in [0.29, 0.717) is 17.5 Å². The summed E-state index contributed by atoms with van der Waals surface area (Å²) in [7, 11) is -2.79. The van der Waals surface area contributed by atoms with Crippen molar-refractivity contribution in [2.45, 2.75) is 31.8 Å². The third-order valence-electron chi connectivity index (χ3n) is 3.68. The molecule has 2 aliphatic rings. The fourth-order valence-corrected chi connectivity index (χ4v) is 5.02. The molecule has 0 aromatic heterocycles. The van der Waals surface area contributed by atoms with Gasteiger partial charge in [-0.1, -0.05) is 0 Å². The molecule has 2 unspecified atom stereocenters. The Hall–Kier alpha value is -0.130. The normalized spacial score (nSPS) is 41.9. The van der Waals surface area contributed by atoms with Crippen LogP contribution in [0.2, 0.25) is 0 Å². The number of hydrogen-bond donors (Lipinski definition) is 1. The largest absolute Gasteiger partial charge is 0.314 e. The second-order valence-electron chi connectivity index (χ2n) is 5.09. The SMILES string of the molecule is CC1CNCCN1C1(C)CCS(=O)(=O)C1. The molecule has 0 aromatic rings. The van der Waals surface area contributed by atoms with Crippen molar-refractivity contribution in [2.75, 3.05) is 31.1 Å². The van der Waals surface area contributed by atoms with E-state index in [1.165, 1.54) is 0 Å². The number of rotatable bonds is 1. The lowest BCUT2D eigenvalue weighted by atomic mass is 9.96. The van der Waals surface area contributed by atoms with Crippen molar-refractivity contribution in [3.63, 3.8) is 0 Å². The third-order valence-corrected chi connectivity index (χ3v) is 5.57. The molecule has 2 fully saturated rings. The summed E-state index contributed by atoms with van der Waals surface area (Å²) < 4.78 is 23.1. The van der Waals surface area contributed by atoms with Gasteiger partial charge in [-0.05, 0) is 20.3 Å². The van der Waals surface area contributed by atoms with Crippen LogP contribution in [0.25, 0.3) is 0 Å². The van der Waals surface area contributed by atoms with E-state index >= 15 is 0 Å². The van der Waals surface area contributed by atoms with E-state index in [4.69, 9.17) is 0 Å². The Morgan fingerprint density at radius 2 is 2.20 bits per heavy atom. The fraction of sp³-hybridized carbons (Fsp3) is 1.00. The van der Waals surface area contributed by atoms with Crippen LogP contribution in [-0.4, -0.2) is 56.0 Å². The first kappa shape index (κ1) is 11.4. The Balaban J connectivity index is 2.15. The summed E-state index contributed by atoms with van der Waals surface area (Å²) in [6, 6.07) is 0.442. The van der Waals surface area contributed by atoms with E-state index in [2.05, 4.69) is 24.1 Å². The zero-order chi connectivity index (χ0) is 11.1. The predicted octanol–water partition coefficient (Wildman–Crippen LogP) is -0.143. The van der Waals surface area contributed by atoms with E-state index in [1.54, 1.807) is 0 Å². The van der Waals surface area contributed by atoms with Gasteiger partial charge in [0.25, 0.3) is 0 Å². The lowest BCUT2D eigenvalue weighted by Gasteiger charge is -2.44. The average Bonchev–Trinajstić information content (AvgIpc) is 2.42. The molecule has 0 radical (unpaired) electrons. The van der Waals surface area contributed by atoms with Crippen molar-refractivity contribution in [3.8, 4) is 0 Å². The molecular weight excluding hydrogens is 212 g/mol. The zero-order valence-corrected chi connectivity index (χ0v) is 10.3. The van der Waals surface area contributed by atoms with Gasteiger partial charge in [-0.25, -0.2) is 8.42 Å². The van der Waals surface area contributed by atoms with E-state index in [1.807, 2.05) is 0 Å². The van der Waals surface area contributed by atoms with Gasteiger partial charge in [0, 0.05) is 31.2 Å². The summed E-state index contributed by atoms with van der Waals surface area (Å²) in [5.41, 5.74) is -0.125. The molecule has 88 valence electrons. The van der Waals surface area contributed by atoms with Gasteiger partial charge in [0.2, 0.25) is 0 Å². The van der Waals surface area contributed by atoms with Crippen LogP contribution in [0.4, 0.5) is 0 Å². The predicted molar refractivity (Wildman–Crippen MR) is 60.7 cm³/mol. The summed E-state index contributed by atoms with van der Waals surface area (Å²) in [6.07, 6.45) is 0.791. The molecule has 0 spiro atoms. The van der Waals surface area contributed by atoms with Crippen molar-refractivity contribution >= 4 is 9.84 Å². The Morgan fingerprint density at radius 1 is 1.47 bits per heavy atom. The summed E-state index contributed by atoms with van der Waals surface area (Å²) in [5, 5.41) is 3.33. The van der Waals surface area contributed by atoms with Gasteiger partial charge in [0.15, 0.2) is 9.84 Å². The molecular formula is C10H20N2O2S. The molecule has 2 saturated heterocycles. The van der Waals surface area contributed by atoms with Gasteiger partial charge in [0.05, 0.1) is 11.5 Å². The fourth-order valence-electron chi connectivity index (χ4n) is 2.86. The molecule has 2 aliphatic heterocycles. The summed E-state index contributed by atoms with van der Waals surface area (Å²) in [4.78, 5) is 2.37. The van der Waals surface area contributed by atoms with Gasteiger partial charge in [-0.2, -0.15) is 0 Å². The minimum Gasteiger partial charge on any atom is -0.314 e. The van der Waals surface area contributed by atoms with E-state index in [9.17, 15) is 8.42 Å². The average molecular weight is 232 g/mol. The summed E-state index contributed by atoms with van der Waals surface area (Å²) in [6.45, 7) is 7.17. The molecule has 1 N–H and O–H groups in total. The van der Waals surface area contributed by atoms with Crippen LogP contribution in [0.5, 0.6) is 0 Å². The second kappa shape index (κ2) is 3.71. The Bertz CT molecular complexity index is 341. The highest BCUT2D eigenvalue weighted by atomic mass is 32.2. The smallest absolute Gasteiger partial charge is 0.152 e. The molecule has 5 heteroatoms. The van der Waals surface area contributed by atoms with Crippen LogP contribution in [0.1, 0.15) is 20.3 Å². The molecule has 0 aliphatic carbocycles. The third kappa shape index (κ3) is 2.19.